The van der Waals surface area contributed by atoms with Crippen LogP contribution in [0.2, 0.25) is 0 Å². The maximum atomic E-state index is 14.1. The van der Waals surface area contributed by atoms with E-state index in [2.05, 4.69) is 73.1 Å². The predicted octanol–water partition coefficient (Wildman–Crippen LogP) is 11.0. The topological polar surface area (TPSA) is 253 Å². The van der Waals surface area contributed by atoms with Crippen molar-refractivity contribution in [1.82, 2.24) is 10.6 Å². The second kappa shape index (κ2) is 25.6. The van der Waals surface area contributed by atoms with Gasteiger partial charge in [-0.3, -0.25) is 4.79 Å². The van der Waals surface area contributed by atoms with Gasteiger partial charge in [-0.25, -0.2) is 0 Å². The number of carbonyl (C=O) groups excluding carboxylic acids is 1. The van der Waals surface area contributed by atoms with E-state index in [0.29, 0.717) is 54.7 Å². The van der Waals surface area contributed by atoms with Gasteiger partial charge in [0, 0.05) is 64.7 Å². The van der Waals surface area contributed by atoms with Crippen molar-refractivity contribution in [1.29, 1.82) is 0 Å². The Bertz CT molecular complexity index is 3480. The summed E-state index contributed by atoms with van der Waals surface area (Å²) >= 11 is 0. The third kappa shape index (κ3) is 11.0. The van der Waals surface area contributed by atoms with Crippen molar-refractivity contribution in [3.8, 4) is 11.5 Å². The molecule has 5 saturated carbocycles. The summed E-state index contributed by atoms with van der Waals surface area (Å²) in [6.45, 7) is 5.15. The zero-order valence-corrected chi connectivity index (χ0v) is 56.2. The minimum atomic E-state index is -2.53. The molecule has 14 rings (SSSR count). The van der Waals surface area contributed by atoms with E-state index in [0.717, 1.165) is 106 Å². The maximum Gasteiger partial charge on any atom is 0.306 e. The van der Waals surface area contributed by atoms with E-state index in [9.17, 15) is 45.6 Å². The number of aliphatic hydroxyl groups is 8. The van der Waals surface area contributed by atoms with Gasteiger partial charge >= 0.3 is 5.97 Å². The molecule has 506 valence electrons. The predicted molar refractivity (Wildman–Crippen MR) is 361 cm³/mol. The van der Waals surface area contributed by atoms with Gasteiger partial charge in [0.1, 0.15) is 29.7 Å². The number of hydrogen-bond acceptors (Lipinski definition) is 18. The lowest BCUT2D eigenvalue weighted by molar-refractivity contribution is -0.424. The van der Waals surface area contributed by atoms with Gasteiger partial charge in [-0.15, -0.1) is 0 Å². The number of aryl methyl sites for hydroxylation is 1. The molecule has 7 aliphatic carbocycles. The zero-order chi connectivity index (χ0) is 64.8. The molecule has 4 heterocycles. The lowest BCUT2D eigenvalue weighted by Gasteiger charge is -2.67. The van der Waals surface area contributed by atoms with Crippen molar-refractivity contribution >= 4 is 49.3 Å². The Morgan fingerprint density at radius 3 is 2.52 bits per heavy atom. The Balaban J connectivity index is 0.920. The summed E-state index contributed by atoms with van der Waals surface area (Å²) in [6.07, 6.45) is 19.6. The van der Waals surface area contributed by atoms with E-state index in [4.69, 9.17) is 23.4 Å². The highest BCUT2D eigenvalue weighted by Gasteiger charge is 2.79. The Morgan fingerprint density at radius 1 is 0.882 bits per heavy atom. The number of benzene rings is 3. The Labute approximate surface area is 555 Å². The van der Waals surface area contributed by atoms with Crippen LogP contribution in [-0.4, -0.2) is 150 Å². The molecule has 0 radical (unpaired) electrons. The summed E-state index contributed by atoms with van der Waals surface area (Å²) in [5.41, 5.74) is -6.47. The van der Waals surface area contributed by atoms with Gasteiger partial charge in [0.15, 0.2) is 16.9 Å². The normalized spacial score (nSPS) is 41.4. The van der Waals surface area contributed by atoms with Gasteiger partial charge in [0.05, 0.1) is 30.7 Å². The number of carbonyl (C=O) groups is 1. The largest absolute Gasteiger partial charge is 0.508 e. The molecule has 0 unspecified atom stereocenters. The summed E-state index contributed by atoms with van der Waals surface area (Å²) < 4.78 is 33.1. The van der Waals surface area contributed by atoms with E-state index in [1.807, 2.05) is 35.1 Å². The minimum Gasteiger partial charge on any atom is -0.508 e. The third-order valence-corrected chi connectivity index (χ3v) is 29.1. The van der Waals surface area contributed by atoms with Crippen molar-refractivity contribution < 1.29 is 69.0 Å². The molecule has 16 nitrogen and oxygen atoms in total. The number of ether oxygens (including phenoxy) is 4. The fourth-order valence-corrected chi connectivity index (χ4v) is 25.8. The first-order valence-electron chi connectivity index (χ1n) is 35.3. The monoisotopic (exact) mass is 1320 g/mol. The van der Waals surface area contributed by atoms with Crippen LogP contribution in [-0.2, 0) is 20.7 Å². The summed E-state index contributed by atoms with van der Waals surface area (Å²) in [6, 6.07) is 18.6. The molecule has 18 heteroatoms. The smallest absolute Gasteiger partial charge is 0.306 e. The van der Waals surface area contributed by atoms with Crippen molar-refractivity contribution in [3.63, 3.8) is 0 Å². The Hall–Kier alpha value is -4.15. The van der Waals surface area contributed by atoms with Gasteiger partial charge in [0.2, 0.25) is 12.0 Å². The molecular weight excluding hydrogens is 1220 g/mol. The van der Waals surface area contributed by atoms with Crippen LogP contribution in [0.1, 0.15) is 159 Å². The average Bonchev–Trinajstić information content (AvgIpc) is 1.13. The molecule has 10 N–H and O–H groups in total. The summed E-state index contributed by atoms with van der Waals surface area (Å²) in [5.74, 6) is -2.17. The van der Waals surface area contributed by atoms with Crippen LogP contribution in [0.25, 0.3) is 21.7 Å². The third-order valence-electron chi connectivity index (χ3n) is 25.8. The number of rotatable bonds is 11. The van der Waals surface area contributed by atoms with Crippen molar-refractivity contribution in [2.75, 3.05) is 45.7 Å². The quantitative estimate of drug-likeness (QED) is 0.0381. The molecule has 0 amide bonds. The fraction of sp³-hybridized carbons (Fsp3) is 0.667. The highest BCUT2D eigenvalue weighted by Crippen LogP contribution is 2.78. The van der Waals surface area contributed by atoms with E-state index >= 15 is 0 Å². The number of hydrogen-bond donors (Lipinski definition) is 10. The van der Waals surface area contributed by atoms with Crippen LogP contribution in [0, 0.1) is 51.8 Å². The van der Waals surface area contributed by atoms with Gasteiger partial charge in [-0.05, 0) is 204 Å². The fourth-order valence-electron chi connectivity index (χ4n) is 21.5. The van der Waals surface area contributed by atoms with Crippen LogP contribution in [0.3, 0.4) is 0 Å². The van der Waals surface area contributed by atoms with Crippen LogP contribution in [0.15, 0.2) is 101 Å². The number of esters is 1. The van der Waals surface area contributed by atoms with Crippen LogP contribution in [0.4, 0.5) is 0 Å². The van der Waals surface area contributed by atoms with Crippen molar-refractivity contribution in [3.05, 3.63) is 108 Å². The highest BCUT2D eigenvalue weighted by atomic mass is 33.1. The van der Waals surface area contributed by atoms with Gasteiger partial charge in [0.25, 0.3) is 0 Å². The summed E-state index contributed by atoms with van der Waals surface area (Å²) in [7, 11) is 5.52. The molecule has 3 aliphatic heterocycles. The first-order chi connectivity index (χ1) is 44.8. The summed E-state index contributed by atoms with van der Waals surface area (Å²) in [5, 5.41) is 114. The molecule has 1 aromatic heterocycles. The van der Waals surface area contributed by atoms with Crippen LogP contribution < -0.4 is 20.1 Å². The standard InChI is InChI=1S/C75H100N2O14S2/c1-4-87-61(82)21-18-51-37-52-25-34-88-63(52)65-64(51)90-67-75(86)62-53(17-19-57(80)55(62)42-78)40-73(85,66(75)83)74(91-67)45-92-93-72(59(77-33-35-89-65)20-14-46(2)10-9-13-60(74)81)44-69(26-7-8-27-69)71(30-22-47(39-71)41-76-3)58(72)24-29-70(84)32-31-68(43-70)28-23-54(79)38-56(68)50-16-15-48-11-5-6-12-49(48)36-50/h5-6,11-12,15-17,19,23,25,28,34,36-38,46-47,53,55-60,62,66-67,76-81,83-86H,4,7-10,13-14,18,20-22,24,26-27,29-33,35,39-45H2,1-3H3/t46-,47-,53-,55-,56+,57+,58+,59+,60+,62-,66-,67+,68-,70+,71+,72+,73-,74+,75+/m0/s1. The SMILES string of the molecule is CCOC(=O)CCc1cc2ccoc2c2c1O[C@@H]1O[C@@]3(CSS[C@@]4(CC5(CCCC5)[C@@]5(CC[C@H](CNC)C5)[C@H]4CC[C@@]4(O)CC[C@@]5(C=CC(O)=C[C@@H]5c5ccc6ccccc6c5)C4)[C@@H](CC[C@@H](C)CCC[C@H]3O)NCCO2)[C@]2(O)C[C@@H]3C=C[C@@H](O)[C@H](CO)[C@H]3[C@@]1(O)[C@H]2O. The molecule has 2 saturated heterocycles. The first kappa shape index (κ1) is 66.1. The van der Waals surface area contributed by atoms with Crippen molar-refractivity contribution in [2.24, 2.45) is 51.8 Å². The number of nitrogens with one attached hydrogen (secondary N) is 2. The molecule has 10 aliphatic rings. The van der Waals surface area contributed by atoms with Crippen LogP contribution >= 0.6 is 21.6 Å². The lowest BCUT2D eigenvalue weighted by Crippen LogP contribution is -2.86. The first-order valence-corrected chi connectivity index (χ1v) is 37.6. The molecule has 3 aromatic carbocycles. The summed E-state index contributed by atoms with van der Waals surface area (Å²) in [4.78, 5) is 13.3. The van der Waals surface area contributed by atoms with Gasteiger partial charge < -0.3 is 74.9 Å². The molecule has 7 fully saturated rings. The van der Waals surface area contributed by atoms with Crippen molar-refractivity contribution in [2.45, 2.75) is 212 Å². The zero-order valence-electron chi connectivity index (χ0n) is 54.5. The molecule has 93 heavy (non-hydrogen) atoms. The van der Waals surface area contributed by atoms with E-state index in [1.54, 1.807) is 36.1 Å². The molecule has 5 spiro atoms. The second-order valence-corrected chi connectivity index (χ2v) is 33.3. The average molecular weight is 1320 g/mol. The molecule has 19 atom stereocenters. The van der Waals surface area contributed by atoms with Crippen LogP contribution in [0.5, 0.6) is 11.5 Å². The number of aliphatic hydroxyl groups excluding tert-OH is 5. The lowest BCUT2D eigenvalue weighted by atomic mass is 9.50. The van der Waals surface area contributed by atoms with E-state index in [-0.39, 0.29) is 96.5 Å². The van der Waals surface area contributed by atoms with E-state index < -0.39 is 87.5 Å². The number of allylic oxidation sites excluding steroid dienone is 4. The van der Waals surface area contributed by atoms with E-state index in [1.165, 1.54) is 0 Å². The molecule has 4 aromatic rings. The Morgan fingerprint density at radius 2 is 1.71 bits per heavy atom. The molecular formula is C75H100N2O14S2. The molecule has 5 bridgehead atoms. The highest BCUT2D eigenvalue weighted by molar-refractivity contribution is 8.77. The van der Waals surface area contributed by atoms with Gasteiger partial charge in [-0.1, -0.05) is 115 Å². The minimum absolute atomic E-state index is 0.0204. The Kier molecular flexibility index (Phi) is 18.2. The second-order valence-electron chi connectivity index (χ2n) is 30.6. The van der Waals surface area contributed by atoms with Gasteiger partial charge in [-0.2, -0.15) is 0 Å². The maximum absolute atomic E-state index is 14.1. The number of furan rings is 1. The number of fused-ring (bicyclic) bond motifs is 13.